The van der Waals surface area contributed by atoms with Gasteiger partial charge in [-0.1, -0.05) is 44.2 Å². The van der Waals surface area contributed by atoms with Crippen molar-refractivity contribution in [3.05, 3.63) is 35.9 Å². The van der Waals surface area contributed by atoms with Crippen LogP contribution in [0.1, 0.15) is 25.5 Å². The number of likely N-dealkylation sites (N-methyl/N-ethyl adjacent to an activating group) is 1. The van der Waals surface area contributed by atoms with Crippen molar-refractivity contribution in [2.75, 3.05) is 38.2 Å². The predicted octanol–water partition coefficient (Wildman–Crippen LogP) is 1.57. The molecule has 5 nitrogen and oxygen atoms in total. The molecule has 6 heteroatoms. The minimum absolute atomic E-state index is 0.0317. The van der Waals surface area contributed by atoms with Crippen molar-refractivity contribution in [2.24, 2.45) is 5.92 Å². The highest BCUT2D eigenvalue weighted by molar-refractivity contribution is 7.91. The van der Waals surface area contributed by atoms with Crippen LogP contribution in [0, 0.1) is 5.92 Å². The van der Waals surface area contributed by atoms with Crippen LogP contribution in [0.3, 0.4) is 0 Å². The fourth-order valence-corrected chi connectivity index (χ4v) is 4.21. The van der Waals surface area contributed by atoms with E-state index in [2.05, 4.69) is 13.8 Å². The first-order valence-corrected chi connectivity index (χ1v) is 9.86. The second kappa shape index (κ2) is 7.45. The van der Waals surface area contributed by atoms with Crippen molar-refractivity contribution in [2.45, 2.75) is 19.9 Å². The second-order valence-electron chi connectivity index (χ2n) is 6.61. The van der Waals surface area contributed by atoms with Gasteiger partial charge in [0.05, 0.1) is 11.5 Å². The zero-order valence-electron chi connectivity index (χ0n) is 14.1. The van der Waals surface area contributed by atoms with Crippen LogP contribution in [0.5, 0.6) is 0 Å². The maximum Gasteiger partial charge on any atom is 0.244 e. The molecular formula is C17H26N2O3S. The Morgan fingerprint density at radius 2 is 1.74 bits per heavy atom. The van der Waals surface area contributed by atoms with Crippen molar-refractivity contribution in [3.63, 3.8) is 0 Å². The largest absolute Gasteiger partial charge is 0.344 e. The van der Waals surface area contributed by atoms with Gasteiger partial charge in [-0.05, 0) is 11.5 Å². The molecule has 0 spiro atoms. The average Bonchev–Trinajstić information content (AvgIpc) is 2.49. The highest BCUT2D eigenvalue weighted by Gasteiger charge is 2.33. The van der Waals surface area contributed by atoms with E-state index in [4.69, 9.17) is 0 Å². The van der Waals surface area contributed by atoms with Gasteiger partial charge in [-0.2, -0.15) is 0 Å². The first kappa shape index (κ1) is 17.9. The highest BCUT2D eigenvalue weighted by Crippen LogP contribution is 2.25. The molecule has 1 aliphatic heterocycles. The van der Waals surface area contributed by atoms with Gasteiger partial charge in [0.25, 0.3) is 0 Å². The molecule has 0 aromatic heterocycles. The second-order valence-corrected chi connectivity index (χ2v) is 8.92. The smallest absolute Gasteiger partial charge is 0.244 e. The summed E-state index contributed by atoms with van der Waals surface area (Å²) in [7, 11) is -1.14. The van der Waals surface area contributed by atoms with E-state index in [1.165, 1.54) is 0 Å². The molecule has 1 saturated heterocycles. The summed E-state index contributed by atoms with van der Waals surface area (Å²) < 4.78 is 23.4. The van der Waals surface area contributed by atoms with E-state index in [9.17, 15) is 13.2 Å². The van der Waals surface area contributed by atoms with E-state index in [0.717, 1.165) is 5.56 Å². The van der Waals surface area contributed by atoms with Crippen molar-refractivity contribution >= 4 is 15.7 Å². The lowest BCUT2D eigenvalue weighted by molar-refractivity contribution is -0.136. The van der Waals surface area contributed by atoms with Crippen molar-refractivity contribution in [1.29, 1.82) is 0 Å². The molecular weight excluding hydrogens is 312 g/mol. The number of carbonyl (C=O) groups excluding carboxylic acids is 1. The summed E-state index contributed by atoms with van der Waals surface area (Å²) in [5.74, 6) is 0.668. The summed E-state index contributed by atoms with van der Waals surface area (Å²) in [6.07, 6.45) is 0. The number of carbonyl (C=O) groups is 1. The molecule has 23 heavy (non-hydrogen) atoms. The Hall–Kier alpha value is -1.40. The van der Waals surface area contributed by atoms with E-state index in [1.54, 1.807) is 4.90 Å². The molecule has 1 aliphatic rings. The summed E-state index contributed by atoms with van der Waals surface area (Å²) in [5, 5.41) is 0. The number of sulfone groups is 1. The van der Waals surface area contributed by atoms with Crippen LogP contribution in [0.25, 0.3) is 0 Å². The van der Waals surface area contributed by atoms with Crippen LogP contribution in [-0.2, 0) is 14.6 Å². The Bertz CT molecular complexity index is 614. The van der Waals surface area contributed by atoms with Crippen molar-refractivity contribution in [1.82, 2.24) is 9.80 Å². The lowest BCUT2D eigenvalue weighted by Crippen LogP contribution is -2.48. The third-order valence-electron chi connectivity index (χ3n) is 4.11. The molecule has 0 saturated carbocycles. The third kappa shape index (κ3) is 4.78. The van der Waals surface area contributed by atoms with Crippen molar-refractivity contribution in [3.8, 4) is 0 Å². The number of amides is 1. The molecule has 1 heterocycles. The Morgan fingerprint density at radius 3 is 2.26 bits per heavy atom. The first-order valence-electron chi connectivity index (χ1n) is 8.04. The number of nitrogens with zero attached hydrogens (tertiary/aromatic N) is 2. The number of benzene rings is 1. The summed E-state index contributed by atoms with van der Waals surface area (Å²) >= 11 is 0. The third-order valence-corrected chi connectivity index (χ3v) is 5.72. The molecule has 2 rings (SSSR count). The molecule has 1 unspecified atom stereocenters. The van der Waals surface area contributed by atoms with Gasteiger partial charge in [-0.15, -0.1) is 0 Å². The molecule has 1 fully saturated rings. The molecule has 0 aliphatic carbocycles. The lowest BCUT2D eigenvalue weighted by atomic mass is 10.0. The molecule has 1 amide bonds. The minimum Gasteiger partial charge on any atom is -0.344 e. The molecule has 0 N–H and O–H groups in total. The van der Waals surface area contributed by atoms with Crippen LogP contribution in [0.4, 0.5) is 0 Å². The normalized spacial score (nSPS) is 19.5. The quantitative estimate of drug-likeness (QED) is 0.818. The zero-order valence-corrected chi connectivity index (χ0v) is 14.9. The molecule has 1 atom stereocenters. The molecule has 1 aromatic carbocycles. The topological polar surface area (TPSA) is 57.7 Å². The van der Waals surface area contributed by atoms with Gasteiger partial charge in [0.1, 0.15) is 6.04 Å². The number of hydrogen-bond acceptors (Lipinski definition) is 4. The van der Waals surface area contributed by atoms with Gasteiger partial charge >= 0.3 is 0 Å². The lowest BCUT2D eigenvalue weighted by Gasteiger charge is -2.36. The average molecular weight is 338 g/mol. The van der Waals surface area contributed by atoms with E-state index in [1.807, 2.05) is 42.3 Å². The predicted molar refractivity (Wildman–Crippen MR) is 91.9 cm³/mol. The van der Waals surface area contributed by atoms with Crippen LogP contribution >= 0.6 is 0 Å². The summed E-state index contributed by atoms with van der Waals surface area (Å²) in [6, 6.07) is 9.22. The van der Waals surface area contributed by atoms with E-state index >= 15 is 0 Å². The fourth-order valence-electron chi connectivity index (χ4n) is 2.98. The van der Waals surface area contributed by atoms with Crippen LogP contribution in [0.15, 0.2) is 30.3 Å². The zero-order chi connectivity index (χ0) is 17.0. The summed E-state index contributed by atoms with van der Waals surface area (Å²) in [4.78, 5) is 16.7. The van der Waals surface area contributed by atoms with Gasteiger partial charge in [0.2, 0.25) is 5.91 Å². The maximum absolute atomic E-state index is 13.0. The molecule has 1 aromatic rings. The van der Waals surface area contributed by atoms with E-state index in [-0.39, 0.29) is 17.4 Å². The number of hydrogen-bond donors (Lipinski definition) is 0. The Kier molecular flexibility index (Phi) is 5.81. The minimum atomic E-state index is -2.96. The van der Waals surface area contributed by atoms with Crippen LogP contribution in [-0.4, -0.2) is 62.3 Å². The van der Waals surface area contributed by atoms with Crippen LogP contribution in [0.2, 0.25) is 0 Å². The fraction of sp³-hybridized carbons (Fsp3) is 0.588. The monoisotopic (exact) mass is 338 g/mol. The SMILES string of the molecule is CC(C)CN(C)C(=O)C(c1ccccc1)N1CCS(=O)(=O)CC1. The van der Waals surface area contributed by atoms with Crippen LogP contribution < -0.4 is 0 Å². The van der Waals surface area contributed by atoms with E-state index in [0.29, 0.717) is 25.6 Å². The molecule has 0 bridgehead atoms. The maximum atomic E-state index is 13.0. The standard InChI is InChI=1S/C17H26N2O3S/c1-14(2)13-18(3)17(20)16(15-7-5-4-6-8-15)19-9-11-23(21,22)12-10-19/h4-8,14,16H,9-13H2,1-3H3. The summed E-state index contributed by atoms with van der Waals surface area (Å²) in [6.45, 7) is 5.66. The summed E-state index contributed by atoms with van der Waals surface area (Å²) in [5.41, 5.74) is 0.924. The van der Waals surface area contributed by atoms with Gasteiger partial charge in [0.15, 0.2) is 9.84 Å². The molecule has 0 radical (unpaired) electrons. The van der Waals surface area contributed by atoms with Crippen molar-refractivity contribution < 1.29 is 13.2 Å². The van der Waals surface area contributed by atoms with E-state index < -0.39 is 15.9 Å². The van der Waals surface area contributed by atoms with Gasteiger partial charge in [-0.25, -0.2) is 8.42 Å². The van der Waals surface area contributed by atoms with Gasteiger partial charge in [0, 0.05) is 26.7 Å². The Balaban J connectivity index is 2.24. The van der Waals surface area contributed by atoms with Gasteiger partial charge in [-0.3, -0.25) is 9.69 Å². The number of rotatable bonds is 5. The Morgan fingerprint density at radius 1 is 1.17 bits per heavy atom. The molecule has 128 valence electrons. The highest BCUT2D eigenvalue weighted by atomic mass is 32.2. The van der Waals surface area contributed by atoms with Gasteiger partial charge < -0.3 is 4.90 Å². The first-order chi connectivity index (χ1) is 10.8. The Labute approximate surface area is 139 Å².